The van der Waals surface area contributed by atoms with Crippen LogP contribution in [0, 0.1) is 0 Å². The molecule has 2 amide bonds. The molecule has 0 saturated carbocycles. The van der Waals surface area contributed by atoms with E-state index in [9.17, 15) is 19.2 Å². The maximum Gasteiger partial charge on any atom is 0.338 e. The number of hydrogen-bond acceptors (Lipinski definition) is 7. The molecular formula is C16H22N2O7. The Hall–Kier alpha value is -2.84. The Labute approximate surface area is 145 Å². The van der Waals surface area contributed by atoms with Crippen molar-refractivity contribution in [3.05, 3.63) is 23.4 Å². The lowest BCUT2D eigenvalue weighted by atomic mass is 10.0. The Morgan fingerprint density at radius 3 is 2.16 bits per heavy atom. The molecular weight excluding hydrogens is 332 g/mol. The number of rotatable bonds is 8. The number of urea groups is 1. The van der Waals surface area contributed by atoms with Crippen LogP contribution < -0.4 is 10.6 Å². The summed E-state index contributed by atoms with van der Waals surface area (Å²) in [5, 5.41) is 5.05. The topological polar surface area (TPSA) is 120 Å². The van der Waals surface area contributed by atoms with Crippen LogP contribution in [0.15, 0.2) is 23.4 Å². The highest BCUT2D eigenvalue weighted by molar-refractivity contribution is 5.95. The highest BCUT2D eigenvalue weighted by Crippen LogP contribution is 2.17. The Balaban J connectivity index is 2.85. The largest absolute Gasteiger partial charge is 0.463 e. The molecule has 0 aromatic carbocycles. The molecule has 0 saturated heterocycles. The smallest absolute Gasteiger partial charge is 0.338 e. The molecule has 0 unspecified atom stereocenters. The van der Waals surface area contributed by atoms with Crippen LogP contribution in [0.3, 0.4) is 0 Å². The maximum atomic E-state index is 12.1. The molecule has 0 bridgehead atoms. The van der Waals surface area contributed by atoms with Crippen molar-refractivity contribution >= 4 is 23.9 Å². The minimum absolute atomic E-state index is 0.145. The standard InChI is InChI=1S/C16H22N2O7/c1-4-10-14(15(21)24-6-3)11(18-16(22)17-10)9-25-13(20)8-7-12(19)23-5-2/h7-8,10H,4-6,9H2,1-3H3,(H2,17,18,22)/b8-7+/t10-/m0/s1. The van der Waals surface area contributed by atoms with Crippen LogP contribution >= 0.6 is 0 Å². The third-order valence-corrected chi connectivity index (χ3v) is 3.15. The van der Waals surface area contributed by atoms with Gasteiger partial charge in [0.2, 0.25) is 0 Å². The summed E-state index contributed by atoms with van der Waals surface area (Å²) in [6, 6.07) is -1.05. The van der Waals surface area contributed by atoms with Gasteiger partial charge in [0, 0.05) is 12.2 Å². The first-order chi connectivity index (χ1) is 11.9. The van der Waals surface area contributed by atoms with Gasteiger partial charge in [0.15, 0.2) is 0 Å². The van der Waals surface area contributed by atoms with Crippen molar-refractivity contribution in [1.29, 1.82) is 0 Å². The molecule has 0 aromatic heterocycles. The van der Waals surface area contributed by atoms with Gasteiger partial charge in [-0.2, -0.15) is 0 Å². The lowest BCUT2D eigenvalue weighted by molar-refractivity contribution is -0.140. The monoisotopic (exact) mass is 354 g/mol. The average Bonchev–Trinajstić information content (AvgIpc) is 2.57. The van der Waals surface area contributed by atoms with E-state index in [0.717, 1.165) is 12.2 Å². The summed E-state index contributed by atoms with van der Waals surface area (Å²) < 4.78 is 14.6. The number of carbonyl (C=O) groups is 4. The molecule has 0 radical (unpaired) electrons. The zero-order valence-corrected chi connectivity index (χ0v) is 14.4. The maximum absolute atomic E-state index is 12.1. The summed E-state index contributed by atoms with van der Waals surface area (Å²) in [6.45, 7) is 5.10. The molecule has 1 aliphatic heterocycles. The third kappa shape index (κ3) is 6.28. The van der Waals surface area contributed by atoms with Gasteiger partial charge in [-0.05, 0) is 20.3 Å². The second kappa shape index (κ2) is 10.1. The van der Waals surface area contributed by atoms with Gasteiger partial charge in [-0.3, -0.25) is 0 Å². The second-order valence-electron chi connectivity index (χ2n) is 4.87. The Morgan fingerprint density at radius 2 is 1.60 bits per heavy atom. The van der Waals surface area contributed by atoms with Gasteiger partial charge in [0.25, 0.3) is 0 Å². The van der Waals surface area contributed by atoms with E-state index in [1.807, 2.05) is 0 Å². The Morgan fingerprint density at radius 1 is 1.00 bits per heavy atom. The van der Waals surface area contributed by atoms with Crippen LogP contribution in [0.25, 0.3) is 0 Å². The third-order valence-electron chi connectivity index (χ3n) is 3.15. The lowest BCUT2D eigenvalue weighted by Gasteiger charge is -2.28. The zero-order chi connectivity index (χ0) is 18.8. The number of ether oxygens (including phenoxy) is 3. The fraction of sp³-hybridized carbons (Fsp3) is 0.500. The van der Waals surface area contributed by atoms with Crippen molar-refractivity contribution in [2.75, 3.05) is 19.8 Å². The van der Waals surface area contributed by atoms with Crippen LogP contribution in [-0.2, 0) is 28.6 Å². The summed E-state index contributed by atoms with van der Waals surface area (Å²) in [4.78, 5) is 46.6. The van der Waals surface area contributed by atoms with Gasteiger partial charge in [-0.25, -0.2) is 19.2 Å². The van der Waals surface area contributed by atoms with Crippen LogP contribution in [0.5, 0.6) is 0 Å². The van der Waals surface area contributed by atoms with Crippen LogP contribution in [0.2, 0.25) is 0 Å². The number of esters is 3. The lowest BCUT2D eigenvalue weighted by Crippen LogP contribution is -2.51. The van der Waals surface area contributed by atoms with Gasteiger partial charge < -0.3 is 24.8 Å². The Bertz CT molecular complexity index is 595. The fourth-order valence-electron chi connectivity index (χ4n) is 2.09. The van der Waals surface area contributed by atoms with Crippen molar-refractivity contribution in [2.24, 2.45) is 0 Å². The van der Waals surface area contributed by atoms with E-state index in [0.29, 0.717) is 6.42 Å². The van der Waals surface area contributed by atoms with Crippen molar-refractivity contribution in [2.45, 2.75) is 33.2 Å². The molecule has 1 atom stereocenters. The Kier molecular flexibility index (Phi) is 8.17. The number of nitrogens with one attached hydrogen (secondary N) is 2. The zero-order valence-electron chi connectivity index (χ0n) is 14.4. The summed E-state index contributed by atoms with van der Waals surface area (Å²) >= 11 is 0. The highest BCUT2D eigenvalue weighted by atomic mass is 16.5. The van der Waals surface area contributed by atoms with E-state index in [1.165, 1.54) is 0 Å². The summed E-state index contributed by atoms with van der Waals surface area (Å²) in [5.41, 5.74) is 0.345. The van der Waals surface area contributed by atoms with E-state index in [1.54, 1.807) is 20.8 Å². The van der Waals surface area contributed by atoms with E-state index in [-0.39, 0.29) is 31.1 Å². The molecule has 138 valence electrons. The van der Waals surface area contributed by atoms with Crippen LogP contribution in [0.4, 0.5) is 4.79 Å². The molecule has 1 rings (SSSR count). The molecule has 25 heavy (non-hydrogen) atoms. The van der Waals surface area contributed by atoms with Gasteiger partial charge in [0.1, 0.15) is 6.61 Å². The first-order valence-corrected chi connectivity index (χ1v) is 7.92. The first kappa shape index (κ1) is 20.2. The van der Waals surface area contributed by atoms with Crippen LogP contribution in [0.1, 0.15) is 27.2 Å². The van der Waals surface area contributed by atoms with Gasteiger partial charge >= 0.3 is 23.9 Å². The van der Waals surface area contributed by atoms with Gasteiger partial charge in [-0.15, -0.1) is 0 Å². The molecule has 1 aliphatic rings. The molecule has 2 N–H and O–H groups in total. The minimum Gasteiger partial charge on any atom is -0.463 e. The molecule has 9 heteroatoms. The number of hydrogen-bond donors (Lipinski definition) is 2. The van der Waals surface area contributed by atoms with Gasteiger partial charge in [0.05, 0.1) is 30.5 Å². The fourth-order valence-corrected chi connectivity index (χ4v) is 2.09. The van der Waals surface area contributed by atoms with Gasteiger partial charge in [-0.1, -0.05) is 6.92 Å². The van der Waals surface area contributed by atoms with Crippen molar-refractivity contribution < 1.29 is 33.4 Å². The van der Waals surface area contributed by atoms with Crippen molar-refractivity contribution in [1.82, 2.24) is 10.6 Å². The molecule has 0 aromatic rings. The summed E-state index contributed by atoms with van der Waals surface area (Å²) in [5.74, 6) is -2.09. The predicted molar refractivity (Wildman–Crippen MR) is 86.1 cm³/mol. The average molecular weight is 354 g/mol. The minimum atomic E-state index is -0.815. The second-order valence-corrected chi connectivity index (χ2v) is 4.87. The van der Waals surface area contributed by atoms with E-state index < -0.39 is 30.0 Å². The molecule has 0 spiro atoms. The first-order valence-electron chi connectivity index (χ1n) is 7.92. The normalized spacial score (nSPS) is 16.9. The highest BCUT2D eigenvalue weighted by Gasteiger charge is 2.31. The summed E-state index contributed by atoms with van der Waals surface area (Å²) in [6.07, 6.45) is 2.30. The number of amides is 2. The molecule has 0 fully saturated rings. The quantitative estimate of drug-likeness (QED) is 0.371. The van der Waals surface area contributed by atoms with Crippen molar-refractivity contribution in [3.63, 3.8) is 0 Å². The van der Waals surface area contributed by atoms with E-state index in [4.69, 9.17) is 9.47 Å². The molecule has 9 nitrogen and oxygen atoms in total. The molecule has 0 aliphatic carbocycles. The number of carbonyl (C=O) groups excluding carboxylic acids is 4. The predicted octanol–water partition coefficient (Wildman–Crippen LogP) is 0.557. The van der Waals surface area contributed by atoms with Crippen molar-refractivity contribution in [3.8, 4) is 0 Å². The molecule has 1 heterocycles. The van der Waals surface area contributed by atoms with E-state index in [2.05, 4.69) is 15.4 Å². The van der Waals surface area contributed by atoms with E-state index >= 15 is 0 Å². The van der Waals surface area contributed by atoms with Crippen LogP contribution in [-0.4, -0.2) is 49.8 Å². The SMILES string of the molecule is CCOC(=O)/C=C/C(=O)OCC1=C(C(=O)OCC)[C@H](CC)NC(=O)N1. The summed E-state index contributed by atoms with van der Waals surface area (Å²) in [7, 11) is 0.